The Balaban J connectivity index is 1.84. The average molecular weight is 357 g/mol. The van der Waals surface area contributed by atoms with E-state index in [1.54, 1.807) is 19.2 Å². The number of pyridine rings is 1. The van der Waals surface area contributed by atoms with E-state index in [4.69, 9.17) is 16.2 Å². The first-order chi connectivity index (χ1) is 12.4. The predicted molar refractivity (Wildman–Crippen MR) is 98.9 cm³/mol. The van der Waals surface area contributed by atoms with Crippen LogP contribution in [0.3, 0.4) is 0 Å². The molecule has 4 rings (SSSR count). The fourth-order valence-corrected chi connectivity index (χ4v) is 4.12. The molecule has 0 radical (unpaired) electrons. The Morgan fingerprint density at radius 1 is 1.31 bits per heavy atom. The normalized spacial score (nSPS) is 25.3. The largest absolute Gasteiger partial charge is 0.397 e. The molecule has 0 spiro atoms. The fourth-order valence-electron chi connectivity index (χ4n) is 4.12. The maximum absolute atomic E-state index is 15.3. The lowest BCUT2D eigenvalue weighted by molar-refractivity contribution is 0.0340. The molecular formula is C20H24FN3O2. The zero-order valence-corrected chi connectivity index (χ0v) is 14.9. The Hall–Kier alpha value is -2.18. The first-order valence-corrected chi connectivity index (χ1v) is 9.09. The number of hydrogen-bond acceptors (Lipinski definition) is 5. The van der Waals surface area contributed by atoms with Crippen LogP contribution in [0.15, 0.2) is 18.3 Å². The molecule has 1 aromatic carbocycles. The number of ether oxygens (including phenoxy) is 1. The number of hydrogen-bond donors (Lipinski definition) is 3. The van der Waals surface area contributed by atoms with Gasteiger partial charge in [-0.05, 0) is 56.7 Å². The first kappa shape index (κ1) is 17.2. The summed E-state index contributed by atoms with van der Waals surface area (Å²) in [5.74, 6) is -0.395. The van der Waals surface area contributed by atoms with Gasteiger partial charge < -0.3 is 21.3 Å². The number of aromatic nitrogens is 1. The van der Waals surface area contributed by atoms with Gasteiger partial charge in [-0.2, -0.15) is 0 Å². The molecule has 6 heteroatoms. The predicted octanol–water partition coefficient (Wildman–Crippen LogP) is 3.45. The summed E-state index contributed by atoms with van der Waals surface area (Å²) in [6.45, 7) is 2.37. The molecule has 2 aromatic rings. The summed E-state index contributed by atoms with van der Waals surface area (Å²) >= 11 is 0. The maximum atomic E-state index is 15.3. The van der Waals surface area contributed by atoms with E-state index in [-0.39, 0.29) is 11.8 Å². The summed E-state index contributed by atoms with van der Waals surface area (Å²) in [4.78, 5) is 4.45. The van der Waals surface area contributed by atoms with Gasteiger partial charge in [0.25, 0.3) is 0 Å². The van der Waals surface area contributed by atoms with Crippen molar-refractivity contribution in [1.82, 2.24) is 4.98 Å². The fraction of sp³-hybridized carbons (Fsp3) is 0.450. The van der Waals surface area contributed by atoms with Crippen LogP contribution in [0.5, 0.6) is 0 Å². The number of fused-ring (bicyclic) bond motifs is 1. The van der Waals surface area contributed by atoms with Gasteiger partial charge in [0.05, 0.1) is 23.2 Å². The highest BCUT2D eigenvalue weighted by Gasteiger charge is 2.32. The van der Waals surface area contributed by atoms with Gasteiger partial charge in [-0.1, -0.05) is 0 Å². The van der Waals surface area contributed by atoms with Gasteiger partial charge in [0.2, 0.25) is 0 Å². The molecule has 1 aromatic heterocycles. The van der Waals surface area contributed by atoms with E-state index in [1.807, 2.05) is 6.07 Å². The Morgan fingerprint density at radius 2 is 2.12 bits per heavy atom. The summed E-state index contributed by atoms with van der Waals surface area (Å²) in [6.07, 6.45) is 5.22. The molecule has 2 atom stereocenters. The van der Waals surface area contributed by atoms with E-state index in [2.05, 4.69) is 4.98 Å². The summed E-state index contributed by atoms with van der Waals surface area (Å²) < 4.78 is 21.0. The quantitative estimate of drug-likeness (QED) is 0.716. The minimum atomic E-state index is -0.937. The number of nitrogen functional groups attached to an aromatic ring is 2. The molecule has 1 aliphatic carbocycles. The van der Waals surface area contributed by atoms with Crippen LogP contribution in [0.25, 0.3) is 11.1 Å². The van der Waals surface area contributed by atoms with Crippen LogP contribution in [0, 0.1) is 5.82 Å². The average Bonchev–Trinajstić information content (AvgIpc) is 3.12. The Morgan fingerprint density at radius 3 is 2.85 bits per heavy atom. The highest BCUT2D eigenvalue weighted by atomic mass is 19.1. The van der Waals surface area contributed by atoms with E-state index < -0.39 is 11.4 Å². The van der Waals surface area contributed by atoms with E-state index in [0.717, 1.165) is 31.2 Å². The zero-order valence-electron chi connectivity index (χ0n) is 14.9. The third-order valence-corrected chi connectivity index (χ3v) is 5.52. The standard InChI is InChI=1S/C20H24FN3O2/c1-20(25)6-2-4-11-8-12(10-24-19(11)20)13-9-14(22)18(23)16(17(13)21)15-5-3-7-26-15/h8-10,15,25H,2-7,22-23H2,1H3. The van der Waals surface area contributed by atoms with E-state index in [0.29, 0.717) is 41.1 Å². The smallest absolute Gasteiger partial charge is 0.139 e. The molecule has 0 bridgehead atoms. The number of benzene rings is 1. The summed E-state index contributed by atoms with van der Waals surface area (Å²) in [6, 6.07) is 3.47. The van der Waals surface area contributed by atoms with E-state index in [9.17, 15) is 5.11 Å². The number of aliphatic hydroxyl groups is 1. The Labute approximate surface area is 152 Å². The molecule has 2 unspecified atom stereocenters. The molecule has 1 saturated heterocycles. The number of nitrogens with two attached hydrogens (primary N) is 2. The second kappa shape index (κ2) is 6.21. The van der Waals surface area contributed by atoms with Crippen LogP contribution in [0.2, 0.25) is 0 Å². The second-order valence-corrected chi connectivity index (χ2v) is 7.52. The topological polar surface area (TPSA) is 94.4 Å². The molecule has 5 N–H and O–H groups in total. The summed E-state index contributed by atoms with van der Waals surface area (Å²) in [5.41, 5.74) is 14.8. The number of halogens is 1. The molecule has 2 aliphatic rings. The van der Waals surface area contributed by atoms with Crippen molar-refractivity contribution in [1.29, 1.82) is 0 Å². The minimum absolute atomic E-state index is 0.256. The molecule has 2 heterocycles. The van der Waals surface area contributed by atoms with Crippen molar-refractivity contribution in [2.45, 2.75) is 50.7 Å². The third kappa shape index (κ3) is 2.73. The van der Waals surface area contributed by atoms with Crippen molar-refractivity contribution in [3.63, 3.8) is 0 Å². The van der Waals surface area contributed by atoms with Gasteiger partial charge >= 0.3 is 0 Å². The van der Waals surface area contributed by atoms with Crippen molar-refractivity contribution in [2.24, 2.45) is 0 Å². The molecule has 0 saturated carbocycles. The van der Waals surface area contributed by atoms with Crippen molar-refractivity contribution in [3.8, 4) is 11.1 Å². The SMILES string of the molecule is CC1(O)CCCc2cc(-c3cc(N)c(N)c(C4CCCO4)c3F)cnc21. The lowest BCUT2D eigenvalue weighted by Gasteiger charge is -2.30. The van der Waals surface area contributed by atoms with Crippen LogP contribution in [0.4, 0.5) is 15.8 Å². The highest BCUT2D eigenvalue weighted by Crippen LogP contribution is 2.42. The molecular weight excluding hydrogens is 333 g/mol. The number of nitrogens with zero attached hydrogens (tertiary/aromatic N) is 1. The Kier molecular flexibility index (Phi) is 4.12. The molecule has 0 amide bonds. The Bertz CT molecular complexity index is 861. The third-order valence-electron chi connectivity index (χ3n) is 5.52. The molecule has 1 aliphatic heterocycles. The van der Waals surface area contributed by atoms with Crippen molar-refractivity contribution in [2.75, 3.05) is 18.1 Å². The molecule has 5 nitrogen and oxygen atoms in total. The second-order valence-electron chi connectivity index (χ2n) is 7.52. The summed E-state index contributed by atoms with van der Waals surface area (Å²) in [5, 5.41) is 10.5. The van der Waals surface area contributed by atoms with Crippen molar-refractivity contribution >= 4 is 11.4 Å². The van der Waals surface area contributed by atoms with E-state index in [1.165, 1.54) is 0 Å². The maximum Gasteiger partial charge on any atom is 0.139 e. The molecule has 138 valence electrons. The monoisotopic (exact) mass is 357 g/mol. The van der Waals surface area contributed by atoms with Crippen molar-refractivity contribution < 1.29 is 14.2 Å². The van der Waals surface area contributed by atoms with Crippen LogP contribution in [-0.2, 0) is 16.8 Å². The number of rotatable bonds is 2. The van der Waals surface area contributed by atoms with Crippen LogP contribution < -0.4 is 11.5 Å². The van der Waals surface area contributed by atoms with Crippen molar-refractivity contribution in [3.05, 3.63) is 41.0 Å². The van der Waals surface area contributed by atoms with E-state index >= 15 is 4.39 Å². The highest BCUT2D eigenvalue weighted by molar-refractivity contribution is 5.79. The van der Waals surface area contributed by atoms with Gasteiger partial charge in [0, 0.05) is 29.5 Å². The lowest BCUT2D eigenvalue weighted by Crippen LogP contribution is -2.28. The lowest BCUT2D eigenvalue weighted by atomic mass is 9.83. The van der Waals surface area contributed by atoms with Gasteiger partial charge in [-0.15, -0.1) is 0 Å². The van der Waals surface area contributed by atoms with Gasteiger partial charge in [-0.3, -0.25) is 4.98 Å². The minimum Gasteiger partial charge on any atom is -0.397 e. The molecule has 1 fully saturated rings. The van der Waals surface area contributed by atoms with Gasteiger partial charge in [0.1, 0.15) is 11.4 Å². The number of aryl methyl sites for hydroxylation is 1. The van der Waals surface area contributed by atoms with Gasteiger partial charge in [0.15, 0.2) is 0 Å². The summed E-state index contributed by atoms with van der Waals surface area (Å²) in [7, 11) is 0. The molecule has 26 heavy (non-hydrogen) atoms. The first-order valence-electron chi connectivity index (χ1n) is 9.09. The van der Waals surface area contributed by atoms with Crippen LogP contribution in [-0.4, -0.2) is 16.7 Å². The zero-order chi connectivity index (χ0) is 18.5. The van der Waals surface area contributed by atoms with Crippen LogP contribution in [0.1, 0.15) is 55.5 Å². The number of anilines is 2. The van der Waals surface area contributed by atoms with Gasteiger partial charge in [-0.25, -0.2) is 4.39 Å². The van der Waals surface area contributed by atoms with Crippen LogP contribution >= 0.6 is 0 Å².